The van der Waals surface area contributed by atoms with E-state index in [1.54, 1.807) is 49.4 Å². The van der Waals surface area contributed by atoms with Gasteiger partial charge in [-0.05, 0) is 73.9 Å². The summed E-state index contributed by atoms with van der Waals surface area (Å²) in [5.74, 6) is -1.61. The van der Waals surface area contributed by atoms with Gasteiger partial charge < -0.3 is 14.6 Å². The van der Waals surface area contributed by atoms with Crippen molar-refractivity contribution in [2.45, 2.75) is 42.7 Å². The lowest BCUT2D eigenvalue weighted by Gasteiger charge is -2.28. The first-order chi connectivity index (χ1) is 20.1. The van der Waals surface area contributed by atoms with Gasteiger partial charge in [-0.2, -0.15) is 0 Å². The molecule has 42 heavy (non-hydrogen) atoms. The zero-order valence-electron chi connectivity index (χ0n) is 23.1. The Bertz CT molecular complexity index is 1480. The van der Waals surface area contributed by atoms with E-state index in [1.165, 1.54) is 24.3 Å². The molecule has 0 aliphatic carbocycles. The van der Waals surface area contributed by atoms with Crippen molar-refractivity contribution < 1.29 is 36.6 Å². The maximum absolute atomic E-state index is 13.6. The molecule has 1 amide bonds. The number of rotatable bonds is 14. The molecule has 1 heterocycles. The smallest absolute Gasteiger partial charge is 0.266 e. The SMILES string of the molecule is C[C@@H]1OC(c2ccc(OCCCO)cc2)=N[C@]1(CCS(=O)(=O)c1ccccc1)C(=O)NNCCc1cc(F)cc(F)c1. The number of aliphatic hydroxyl groups is 1. The number of nitrogens with one attached hydrogen (secondary N) is 2. The molecule has 0 unspecified atom stereocenters. The van der Waals surface area contributed by atoms with Crippen LogP contribution in [0.5, 0.6) is 5.75 Å². The number of nitrogens with zero attached hydrogens (tertiary/aromatic N) is 1. The number of benzene rings is 3. The van der Waals surface area contributed by atoms with Crippen LogP contribution in [0, 0.1) is 11.6 Å². The molecule has 0 spiro atoms. The Morgan fingerprint density at radius 2 is 1.76 bits per heavy atom. The highest BCUT2D eigenvalue weighted by atomic mass is 32.2. The highest BCUT2D eigenvalue weighted by Gasteiger charge is 2.50. The third-order valence-electron chi connectivity index (χ3n) is 6.84. The van der Waals surface area contributed by atoms with E-state index in [0.717, 1.165) is 6.07 Å². The standard InChI is InChI=1S/C30H33F2N3O6S/c1-21-30(13-17-42(38,39)27-6-3-2-4-7-27,29(37)35-33-14-12-22-18-24(31)20-25(32)19-22)34-28(41-21)23-8-10-26(11-9-23)40-16-5-15-36/h2-4,6-11,18-21,33,36H,5,12-17H2,1H3,(H,35,37)/t21-,30-/m0/s1. The zero-order valence-corrected chi connectivity index (χ0v) is 23.9. The molecule has 1 aliphatic heterocycles. The van der Waals surface area contributed by atoms with Crippen molar-refractivity contribution in [3.63, 3.8) is 0 Å². The summed E-state index contributed by atoms with van der Waals surface area (Å²) in [4.78, 5) is 18.4. The summed E-state index contributed by atoms with van der Waals surface area (Å²) in [5.41, 5.74) is 4.72. The molecule has 4 rings (SSSR count). The van der Waals surface area contributed by atoms with E-state index < -0.39 is 39.0 Å². The van der Waals surface area contributed by atoms with Crippen molar-refractivity contribution in [2.24, 2.45) is 4.99 Å². The fourth-order valence-corrected chi connectivity index (χ4v) is 5.89. The summed E-state index contributed by atoms with van der Waals surface area (Å²) in [5, 5.41) is 8.94. The monoisotopic (exact) mass is 601 g/mol. The van der Waals surface area contributed by atoms with E-state index in [9.17, 15) is 22.0 Å². The quantitative estimate of drug-likeness (QED) is 0.191. The summed E-state index contributed by atoms with van der Waals surface area (Å²) in [7, 11) is -3.74. The van der Waals surface area contributed by atoms with Crippen LogP contribution in [0.4, 0.5) is 8.78 Å². The van der Waals surface area contributed by atoms with E-state index in [0.29, 0.717) is 29.9 Å². The van der Waals surface area contributed by atoms with Crippen LogP contribution in [-0.2, 0) is 25.8 Å². The molecule has 0 saturated heterocycles. The van der Waals surface area contributed by atoms with Gasteiger partial charge in [0, 0.05) is 31.2 Å². The van der Waals surface area contributed by atoms with Crippen LogP contribution < -0.4 is 15.6 Å². The van der Waals surface area contributed by atoms with Crippen LogP contribution in [-0.4, -0.2) is 62.5 Å². The van der Waals surface area contributed by atoms with Gasteiger partial charge in [0.25, 0.3) is 5.91 Å². The van der Waals surface area contributed by atoms with Gasteiger partial charge in [-0.1, -0.05) is 18.2 Å². The molecule has 12 heteroatoms. The predicted octanol–water partition coefficient (Wildman–Crippen LogP) is 3.36. The fourth-order valence-electron chi connectivity index (χ4n) is 4.50. The molecule has 0 fully saturated rings. The number of carbonyl (C=O) groups excluding carboxylic acids is 1. The summed E-state index contributed by atoms with van der Waals surface area (Å²) < 4.78 is 64.8. The number of ether oxygens (including phenoxy) is 2. The molecule has 0 radical (unpaired) electrons. The van der Waals surface area contributed by atoms with Crippen LogP contribution in [0.15, 0.2) is 82.7 Å². The number of aliphatic imine (C=N–C) groups is 1. The molecule has 0 saturated carbocycles. The number of hydrogen-bond donors (Lipinski definition) is 3. The number of halogens is 2. The lowest BCUT2D eigenvalue weighted by atomic mass is 9.90. The van der Waals surface area contributed by atoms with Crippen LogP contribution in [0.2, 0.25) is 0 Å². The van der Waals surface area contributed by atoms with Gasteiger partial charge in [-0.15, -0.1) is 0 Å². The van der Waals surface area contributed by atoms with Gasteiger partial charge in [-0.3, -0.25) is 10.2 Å². The minimum absolute atomic E-state index is 0.0168. The van der Waals surface area contributed by atoms with Gasteiger partial charge >= 0.3 is 0 Å². The minimum atomic E-state index is -3.74. The van der Waals surface area contributed by atoms with Crippen LogP contribution in [0.3, 0.4) is 0 Å². The predicted molar refractivity (Wildman–Crippen MR) is 153 cm³/mol. The number of aliphatic hydroxyl groups excluding tert-OH is 1. The van der Waals surface area contributed by atoms with Crippen molar-refractivity contribution in [1.29, 1.82) is 0 Å². The normalized spacial score (nSPS) is 18.3. The Hall–Kier alpha value is -3.87. The first kappa shape index (κ1) is 31.1. The topological polar surface area (TPSA) is 126 Å². The Morgan fingerprint density at radius 1 is 1.07 bits per heavy atom. The van der Waals surface area contributed by atoms with Crippen molar-refractivity contribution in [2.75, 3.05) is 25.5 Å². The number of sulfone groups is 1. The lowest BCUT2D eigenvalue weighted by molar-refractivity contribution is -0.129. The fraction of sp³-hybridized carbons (Fsp3) is 0.333. The third-order valence-corrected chi connectivity index (χ3v) is 8.58. The number of hydrogen-bond acceptors (Lipinski definition) is 8. The molecular weight excluding hydrogens is 568 g/mol. The van der Waals surface area contributed by atoms with Crippen molar-refractivity contribution in [3.05, 3.63) is 95.6 Å². The Kier molecular flexibility index (Phi) is 10.3. The number of amides is 1. The van der Waals surface area contributed by atoms with Crippen LogP contribution >= 0.6 is 0 Å². The molecule has 3 N–H and O–H groups in total. The van der Waals surface area contributed by atoms with Gasteiger partial charge in [0.1, 0.15) is 23.5 Å². The first-order valence-electron chi connectivity index (χ1n) is 13.5. The first-order valence-corrected chi connectivity index (χ1v) is 15.1. The Labute approximate surface area is 243 Å². The molecule has 1 aliphatic rings. The maximum Gasteiger partial charge on any atom is 0.266 e. The molecule has 0 bridgehead atoms. The van der Waals surface area contributed by atoms with Crippen molar-refractivity contribution >= 4 is 21.6 Å². The van der Waals surface area contributed by atoms with E-state index in [1.807, 2.05) is 0 Å². The second kappa shape index (κ2) is 13.9. The van der Waals surface area contributed by atoms with E-state index in [4.69, 9.17) is 14.6 Å². The van der Waals surface area contributed by atoms with Crippen LogP contribution in [0.25, 0.3) is 0 Å². The maximum atomic E-state index is 13.6. The lowest BCUT2D eigenvalue weighted by Crippen LogP contribution is -2.55. The molecule has 3 aromatic rings. The van der Waals surface area contributed by atoms with Gasteiger partial charge in [0.2, 0.25) is 5.90 Å². The molecule has 9 nitrogen and oxygen atoms in total. The van der Waals surface area contributed by atoms with Gasteiger partial charge in [0.05, 0.1) is 17.3 Å². The van der Waals surface area contributed by atoms with Crippen molar-refractivity contribution in [3.8, 4) is 5.75 Å². The van der Waals surface area contributed by atoms with E-state index in [-0.39, 0.29) is 42.5 Å². The third kappa shape index (κ3) is 7.69. The summed E-state index contributed by atoms with van der Waals surface area (Å²) >= 11 is 0. The van der Waals surface area contributed by atoms with Crippen molar-refractivity contribution in [1.82, 2.24) is 10.9 Å². The molecule has 2 atom stereocenters. The second-order valence-corrected chi connectivity index (χ2v) is 12.0. The second-order valence-electron chi connectivity index (χ2n) is 9.84. The molecule has 3 aromatic carbocycles. The molecule has 0 aromatic heterocycles. The largest absolute Gasteiger partial charge is 0.494 e. The van der Waals surface area contributed by atoms with Gasteiger partial charge in [0.15, 0.2) is 15.4 Å². The zero-order chi connectivity index (χ0) is 30.2. The molecular formula is C30H33F2N3O6S. The van der Waals surface area contributed by atoms with E-state index >= 15 is 0 Å². The van der Waals surface area contributed by atoms with Gasteiger partial charge in [-0.25, -0.2) is 27.6 Å². The Morgan fingerprint density at radius 3 is 2.43 bits per heavy atom. The number of carbonyl (C=O) groups is 1. The van der Waals surface area contributed by atoms with E-state index in [2.05, 4.69) is 15.8 Å². The molecule has 224 valence electrons. The Balaban J connectivity index is 1.52. The summed E-state index contributed by atoms with van der Waals surface area (Å²) in [6, 6.07) is 18.0. The highest BCUT2D eigenvalue weighted by molar-refractivity contribution is 7.91. The number of hydrazine groups is 1. The average molecular weight is 602 g/mol. The summed E-state index contributed by atoms with van der Waals surface area (Å²) in [6.07, 6.45) is -0.276. The highest BCUT2D eigenvalue weighted by Crippen LogP contribution is 2.33. The minimum Gasteiger partial charge on any atom is -0.494 e. The van der Waals surface area contributed by atoms with Crippen LogP contribution in [0.1, 0.15) is 30.9 Å². The summed E-state index contributed by atoms with van der Waals surface area (Å²) in [6.45, 7) is 2.16. The average Bonchev–Trinajstić information content (AvgIpc) is 3.32.